The molecule has 0 radical (unpaired) electrons. The van der Waals surface area contributed by atoms with Crippen LogP contribution in [0.4, 0.5) is 10.1 Å². The van der Waals surface area contributed by atoms with E-state index in [4.69, 9.17) is 9.47 Å². The van der Waals surface area contributed by atoms with Crippen LogP contribution in [-0.4, -0.2) is 51.2 Å². The van der Waals surface area contributed by atoms with Crippen LogP contribution in [0.2, 0.25) is 0 Å². The Kier molecular flexibility index (Phi) is 5.13. The van der Waals surface area contributed by atoms with Crippen LogP contribution in [0.15, 0.2) is 36.4 Å². The summed E-state index contributed by atoms with van der Waals surface area (Å²) < 4.78 is 25.0. The first-order valence-electron chi connectivity index (χ1n) is 11.1. The lowest BCUT2D eigenvalue weighted by Gasteiger charge is -2.40. The van der Waals surface area contributed by atoms with Gasteiger partial charge in [0.1, 0.15) is 17.3 Å². The second-order valence-corrected chi connectivity index (χ2v) is 9.18. The van der Waals surface area contributed by atoms with E-state index < -0.39 is 0 Å². The van der Waals surface area contributed by atoms with E-state index in [0.717, 1.165) is 43.1 Å². The summed E-state index contributed by atoms with van der Waals surface area (Å²) in [5.41, 5.74) is 2.12. The molecule has 164 valence electrons. The van der Waals surface area contributed by atoms with Gasteiger partial charge in [-0.05, 0) is 80.6 Å². The van der Waals surface area contributed by atoms with E-state index in [9.17, 15) is 9.18 Å². The molecule has 31 heavy (non-hydrogen) atoms. The monoisotopic (exact) mass is 424 g/mol. The Hall–Kier alpha value is -2.60. The van der Waals surface area contributed by atoms with Gasteiger partial charge < -0.3 is 19.3 Å². The van der Waals surface area contributed by atoms with Crippen LogP contribution in [-0.2, 0) is 5.41 Å². The van der Waals surface area contributed by atoms with E-state index in [1.165, 1.54) is 25.5 Å². The van der Waals surface area contributed by atoms with Crippen molar-refractivity contribution in [2.75, 3.05) is 45.3 Å². The molecule has 2 aromatic carbocycles. The van der Waals surface area contributed by atoms with Crippen molar-refractivity contribution >= 4 is 11.6 Å². The van der Waals surface area contributed by atoms with Gasteiger partial charge in [-0.15, -0.1) is 0 Å². The Labute approximate surface area is 182 Å². The summed E-state index contributed by atoms with van der Waals surface area (Å²) in [6, 6.07) is 10.1. The summed E-state index contributed by atoms with van der Waals surface area (Å²) in [6.45, 7) is 3.77. The van der Waals surface area contributed by atoms with Gasteiger partial charge in [-0.25, -0.2) is 4.39 Å². The van der Waals surface area contributed by atoms with Crippen molar-refractivity contribution in [1.82, 2.24) is 4.90 Å². The standard InChI is InChI=1S/C25H29FN2O3/c1-30-20-11-18(12-21(14-20)31-2)24(29)28-16-25(22-13-19(26)5-6-23(22)28)7-9-27(10-8-25)15-17-3-4-17/h5-6,11-14,17H,3-4,7-10,15-16H2,1-2H3. The molecule has 1 saturated carbocycles. The highest BCUT2D eigenvalue weighted by atomic mass is 19.1. The molecule has 5 nitrogen and oxygen atoms in total. The summed E-state index contributed by atoms with van der Waals surface area (Å²) >= 11 is 0. The van der Waals surface area contributed by atoms with Crippen LogP contribution in [0.5, 0.6) is 11.5 Å². The van der Waals surface area contributed by atoms with Gasteiger partial charge >= 0.3 is 0 Å². The van der Waals surface area contributed by atoms with E-state index in [2.05, 4.69) is 4.90 Å². The van der Waals surface area contributed by atoms with Gasteiger partial charge in [0.25, 0.3) is 5.91 Å². The van der Waals surface area contributed by atoms with Crippen LogP contribution < -0.4 is 14.4 Å². The molecule has 6 heteroatoms. The quantitative estimate of drug-likeness (QED) is 0.720. The van der Waals surface area contributed by atoms with Crippen LogP contribution in [0, 0.1) is 11.7 Å². The maximum Gasteiger partial charge on any atom is 0.258 e. The van der Waals surface area contributed by atoms with E-state index in [-0.39, 0.29) is 17.1 Å². The summed E-state index contributed by atoms with van der Waals surface area (Å²) in [7, 11) is 3.14. The molecule has 2 aliphatic heterocycles. The molecule has 2 heterocycles. The lowest BCUT2D eigenvalue weighted by atomic mass is 9.74. The Morgan fingerprint density at radius 1 is 1.06 bits per heavy atom. The van der Waals surface area contributed by atoms with Crippen LogP contribution in [0.1, 0.15) is 41.6 Å². The molecule has 3 aliphatic rings. The van der Waals surface area contributed by atoms with Gasteiger partial charge in [-0.2, -0.15) is 0 Å². The van der Waals surface area contributed by atoms with Crippen molar-refractivity contribution in [1.29, 1.82) is 0 Å². The fourth-order valence-corrected chi connectivity index (χ4v) is 5.17. The summed E-state index contributed by atoms with van der Waals surface area (Å²) in [6.07, 6.45) is 4.59. The van der Waals surface area contributed by atoms with Gasteiger partial charge in [-0.1, -0.05) is 0 Å². The first-order chi connectivity index (χ1) is 15.0. The number of nitrogens with zero attached hydrogens (tertiary/aromatic N) is 2. The highest BCUT2D eigenvalue weighted by molar-refractivity contribution is 6.08. The summed E-state index contributed by atoms with van der Waals surface area (Å²) in [5.74, 6) is 1.66. The van der Waals surface area contributed by atoms with Crippen LogP contribution in [0.3, 0.4) is 0 Å². The van der Waals surface area contributed by atoms with Crippen molar-refractivity contribution in [3.8, 4) is 11.5 Å². The third-order valence-corrected chi connectivity index (χ3v) is 7.15. The number of likely N-dealkylation sites (tertiary alicyclic amines) is 1. The zero-order valence-corrected chi connectivity index (χ0v) is 18.2. The predicted molar refractivity (Wildman–Crippen MR) is 118 cm³/mol. The second-order valence-electron chi connectivity index (χ2n) is 9.18. The molecule has 1 aliphatic carbocycles. The normalized spacial score (nSPS) is 20.0. The fraction of sp³-hybridized carbons (Fsp3) is 0.480. The molecule has 0 atom stereocenters. The number of ether oxygens (including phenoxy) is 2. The second kappa shape index (κ2) is 7.83. The molecular formula is C25H29FN2O3. The number of hydrogen-bond acceptors (Lipinski definition) is 4. The van der Waals surface area contributed by atoms with Crippen molar-refractivity contribution < 1.29 is 18.7 Å². The maximum atomic E-state index is 14.3. The van der Waals surface area contributed by atoms with Crippen LogP contribution in [0.25, 0.3) is 0 Å². The predicted octanol–water partition coefficient (Wildman–Crippen LogP) is 4.25. The number of carbonyl (C=O) groups excluding carboxylic acids is 1. The average molecular weight is 425 g/mol. The number of benzene rings is 2. The molecular weight excluding hydrogens is 395 g/mol. The highest BCUT2D eigenvalue weighted by Crippen LogP contribution is 2.48. The van der Waals surface area contributed by atoms with E-state index in [0.29, 0.717) is 23.6 Å². The van der Waals surface area contributed by atoms with E-state index in [1.54, 1.807) is 44.6 Å². The molecule has 0 N–H and O–H groups in total. The fourth-order valence-electron chi connectivity index (χ4n) is 5.17. The number of fused-ring (bicyclic) bond motifs is 2. The minimum absolute atomic E-state index is 0.109. The van der Waals surface area contributed by atoms with Crippen molar-refractivity contribution in [3.63, 3.8) is 0 Å². The molecule has 1 amide bonds. The highest BCUT2D eigenvalue weighted by Gasteiger charge is 2.47. The number of carbonyl (C=O) groups is 1. The molecule has 2 aromatic rings. The van der Waals surface area contributed by atoms with Gasteiger partial charge in [0.15, 0.2) is 0 Å². The lowest BCUT2D eigenvalue weighted by molar-refractivity contribution is 0.0975. The number of amides is 1. The topological polar surface area (TPSA) is 42.0 Å². The largest absolute Gasteiger partial charge is 0.497 e. The number of hydrogen-bond donors (Lipinski definition) is 0. The first kappa shape index (κ1) is 20.3. The molecule has 5 rings (SSSR count). The van der Waals surface area contributed by atoms with Crippen molar-refractivity contribution in [2.45, 2.75) is 31.1 Å². The first-order valence-corrected chi connectivity index (χ1v) is 11.1. The van der Waals surface area contributed by atoms with Gasteiger partial charge in [0.05, 0.1) is 14.2 Å². The number of anilines is 1. The molecule has 0 unspecified atom stereocenters. The molecule has 0 bridgehead atoms. The summed E-state index contributed by atoms with van der Waals surface area (Å²) in [5, 5.41) is 0. The van der Waals surface area contributed by atoms with Gasteiger partial charge in [0, 0.05) is 35.8 Å². The lowest BCUT2D eigenvalue weighted by Crippen LogP contribution is -2.46. The molecule has 1 saturated heterocycles. The Morgan fingerprint density at radius 3 is 2.35 bits per heavy atom. The Bertz CT molecular complexity index is 974. The number of piperidine rings is 1. The molecule has 2 fully saturated rings. The smallest absolute Gasteiger partial charge is 0.258 e. The maximum absolute atomic E-state index is 14.3. The third-order valence-electron chi connectivity index (χ3n) is 7.15. The zero-order valence-electron chi connectivity index (χ0n) is 18.2. The van der Waals surface area contributed by atoms with Crippen LogP contribution >= 0.6 is 0 Å². The van der Waals surface area contributed by atoms with Gasteiger partial charge in [-0.3, -0.25) is 4.79 Å². The summed E-state index contributed by atoms with van der Waals surface area (Å²) in [4.78, 5) is 17.9. The van der Waals surface area contributed by atoms with Gasteiger partial charge in [0.2, 0.25) is 0 Å². The van der Waals surface area contributed by atoms with E-state index >= 15 is 0 Å². The number of halogens is 1. The third kappa shape index (κ3) is 3.78. The zero-order chi connectivity index (χ0) is 21.6. The number of methoxy groups -OCH3 is 2. The number of rotatable bonds is 5. The molecule has 1 spiro atoms. The van der Waals surface area contributed by atoms with E-state index in [1.807, 2.05) is 4.90 Å². The Balaban J connectivity index is 1.45. The van der Waals surface area contributed by atoms with Crippen molar-refractivity contribution in [2.24, 2.45) is 5.92 Å². The van der Waals surface area contributed by atoms with Crippen molar-refractivity contribution in [3.05, 3.63) is 53.3 Å². The average Bonchev–Trinajstić information content (AvgIpc) is 3.57. The molecule has 0 aromatic heterocycles. The SMILES string of the molecule is COc1cc(OC)cc(C(=O)N2CC3(CCN(CC4CC4)CC3)c3cc(F)ccc32)c1. The Morgan fingerprint density at radius 2 is 1.74 bits per heavy atom. The minimum atomic E-state index is -0.240. The minimum Gasteiger partial charge on any atom is -0.497 e.